The Morgan fingerprint density at radius 1 is 1.21 bits per heavy atom. The molecule has 2 heterocycles. The van der Waals surface area contributed by atoms with Gasteiger partial charge < -0.3 is 0 Å². The number of imidazole rings is 1. The first-order valence-corrected chi connectivity index (χ1v) is 6.68. The summed E-state index contributed by atoms with van der Waals surface area (Å²) < 4.78 is 2.10. The predicted molar refractivity (Wildman–Crippen MR) is 77.6 cm³/mol. The SMILES string of the molecule is CCCc1nccn1-c1nc2ccccc2cc1C. The molecule has 0 saturated carbocycles. The molecule has 0 amide bonds. The lowest BCUT2D eigenvalue weighted by Gasteiger charge is -2.10. The van der Waals surface area contributed by atoms with Crippen LogP contribution in [0.2, 0.25) is 0 Å². The van der Waals surface area contributed by atoms with Gasteiger partial charge in [-0.15, -0.1) is 0 Å². The van der Waals surface area contributed by atoms with Crippen molar-refractivity contribution in [1.29, 1.82) is 0 Å². The molecule has 3 nitrogen and oxygen atoms in total. The fourth-order valence-electron chi connectivity index (χ4n) is 2.39. The third-order valence-electron chi connectivity index (χ3n) is 3.31. The molecular formula is C16H17N3. The summed E-state index contributed by atoms with van der Waals surface area (Å²) in [4.78, 5) is 9.21. The van der Waals surface area contributed by atoms with E-state index < -0.39 is 0 Å². The van der Waals surface area contributed by atoms with Gasteiger partial charge in [0, 0.05) is 24.2 Å². The largest absolute Gasteiger partial charge is 0.288 e. The van der Waals surface area contributed by atoms with Crippen LogP contribution in [0.3, 0.4) is 0 Å². The number of para-hydroxylation sites is 1. The van der Waals surface area contributed by atoms with Crippen LogP contribution in [0.15, 0.2) is 42.7 Å². The maximum absolute atomic E-state index is 4.78. The van der Waals surface area contributed by atoms with Gasteiger partial charge >= 0.3 is 0 Å². The lowest BCUT2D eigenvalue weighted by atomic mass is 10.1. The number of fused-ring (bicyclic) bond motifs is 1. The fourth-order valence-corrected chi connectivity index (χ4v) is 2.39. The molecule has 0 bridgehead atoms. The van der Waals surface area contributed by atoms with E-state index in [1.165, 1.54) is 10.9 Å². The Labute approximate surface area is 112 Å². The van der Waals surface area contributed by atoms with E-state index in [1.807, 2.05) is 24.5 Å². The molecule has 0 aliphatic heterocycles. The Morgan fingerprint density at radius 2 is 2.05 bits per heavy atom. The molecule has 96 valence electrons. The molecular weight excluding hydrogens is 234 g/mol. The van der Waals surface area contributed by atoms with Crippen LogP contribution in [0.5, 0.6) is 0 Å². The van der Waals surface area contributed by atoms with Gasteiger partial charge in [0.1, 0.15) is 11.6 Å². The summed E-state index contributed by atoms with van der Waals surface area (Å²) in [5.74, 6) is 2.06. The van der Waals surface area contributed by atoms with Crippen LogP contribution in [0, 0.1) is 6.92 Å². The van der Waals surface area contributed by atoms with E-state index in [-0.39, 0.29) is 0 Å². The van der Waals surface area contributed by atoms with Gasteiger partial charge in [-0.3, -0.25) is 4.57 Å². The number of nitrogens with zero attached hydrogens (tertiary/aromatic N) is 3. The minimum Gasteiger partial charge on any atom is -0.288 e. The van der Waals surface area contributed by atoms with Gasteiger partial charge in [0.2, 0.25) is 0 Å². The third-order valence-corrected chi connectivity index (χ3v) is 3.31. The second-order valence-corrected chi connectivity index (χ2v) is 4.79. The Hall–Kier alpha value is -2.16. The van der Waals surface area contributed by atoms with Crippen molar-refractivity contribution in [3.05, 3.63) is 54.1 Å². The Kier molecular flexibility index (Phi) is 3.03. The average Bonchev–Trinajstić information content (AvgIpc) is 2.86. The van der Waals surface area contributed by atoms with Gasteiger partial charge in [0.05, 0.1) is 5.52 Å². The molecule has 19 heavy (non-hydrogen) atoms. The number of hydrogen-bond donors (Lipinski definition) is 0. The molecule has 3 rings (SSSR count). The minimum absolute atomic E-state index is 0.973. The minimum atomic E-state index is 0.973. The molecule has 0 unspecified atom stereocenters. The molecule has 2 aromatic heterocycles. The van der Waals surface area contributed by atoms with E-state index >= 15 is 0 Å². The highest BCUT2D eigenvalue weighted by atomic mass is 15.1. The van der Waals surface area contributed by atoms with Crippen LogP contribution in [0.4, 0.5) is 0 Å². The van der Waals surface area contributed by atoms with Crippen molar-refractivity contribution in [3.63, 3.8) is 0 Å². The summed E-state index contributed by atoms with van der Waals surface area (Å²) in [7, 11) is 0. The predicted octanol–water partition coefficient (Wildman–Crippen LogP) is 3.68. The van der Waals surface area contributed by atoms with Gasteiger partial charge in [-0.05, 0) is 31.0 Å². The quantitative estimate of drug-likeness (QED) is 0.711. The second-order valence-electron chi connectivity index (χ2n) is 4.79. The maximum Gasteiger partial charge on any atom is 0.141 e. The van der Waals surface area contributed by atoms with Crippen molar-refractivity contribution < 1.29 is 0 Å². The lowest BCUT2D eigenvalue weighted by molar-refractivity contribution is 0.797. The van der Waals surface area contributed by atoms with E-state index in [1.54, 1.807) is 0 Å². The first-order valence-electron chi connectivity index (χ1n) is 6.68. The Morgan fingerprint density at radius 3 is 2.89 bits per heavy atom. The van der Waals surface area contributed by atoms with Gasteiger partial charge in [0.25, 0.3) is 0 Å². The summed E-state index contributed by atoms with van der Waals surface area (Å²) in [5, 5.41) is 1.18. The molecule has 0 aliphatic rings. The van der Waals surface area contributed by atoms with Gasteiger partial charge in [0.15, 0.2) is 0 Å². The number of pyridine rings is 1. The summed E-state index contributed by atoms with van der Waals surface area (Å²) in [5.41, 5.74) is 2.20. The van der Waals surface area contributed by atoms with Crippen molar-refractivity contribution in [2.75, 3.05) is 0 Å². The van der Waals surface area contributed by atoms with Crippen molar-refractivity contribution in [2.24, 2.45) is 0 Å². The molecule has 1 aromatic carbocycles. The summed E-state index contributed by atoms with van der Waals surface area (Å²) >= 11 is 0. The molecule has 0 atom stereocenters. The van der Waals surface area contributed by atoms with E-state index in [4.69, 9.17) is 4.98 Å². The van der Waals surface area contributed by atoms with Gasteiger partial charge in [-0.25, -0.2) is 9.97 Å². The third kappa shape index (κ3) is 2.12. The van der Waals surface area contributed by atoms with Crippen molar-refractivity contribution >= 4 is 10.9 Å². The highest BCUT2D eigenvalue weighted by Gasteiger charge is 2.09. The highest BCUT2D eigenvalue weighted by Crippen LogP contribution is 2.20. The van der Waals surface area contributed by atoms with Gasteiger partial charge in [-0.2, -0.15) is 0 Å². The zero-order chi connectivity index (χ0) is 13.2. The molecule has 0 N–H and O–H groups in total. The summed E-state index contributed by atoms with van der Waals surface area (Å²) in [6.07, 6.45) is 5.90. The maximum atomic E-state index is 4.78. The molecule has 0 fully saturated rings. The Balaban J connectivity index is 2.18. The number of rotatable bonds is 3. The molecule has 0 spiro atoms. The topological polar surface area (TPSA) is 30.7 Å². The smallest absolute Gasteiger partial charge is 0.141 e. The number of aryl methyl sites for hydroxylation is 2. The van der Waals surface area contributed by atoms with Crippen LogP contribution in [-0.2, 0) is 6.42 Å². The van der Waals surface area contributed by atoms with Crippen LogP contribution in [0.1, 0.15) is 24.7 Å². The van der Waals surface area contributed by atoms with Crippen molar-refractivity contribution in [2.45, 2.75) is 26.7 Å². The zero-order valence-electron chi connectivity index (χ0n) is 11.3. The first kappa shape index (κ1) is 11.9. The average molecular weight is 251 g/mol. The summed E-state index contributed by atoms with van der Waals surface area (Å²) in [6.45, 7) is 4.27. The standard InChI is InChI=1S/C16H17N3/c1-3-6-15-17-9-10-19(15)16-12(2)11-13-7-4-5-8-14(13)18-16/h4-5,7-11H,3,6H2,1-2H3. The highest BCUT2D eigenvalue weighted by molar-refractivity contribution is 5.80. The molecule has 0 aliphatic carbocycles. The molecule has 0 saturated heterocycles. The molecule has 3 heteroatoms. The molecule has 3 aromatic rings. The second kappa shape index (κ2) is 4.84. The number of hydrogen-bond acceptors (Lipinski definition) is 2. The first-order chi connectivity index (χ1) is 9.29. The lowest BCUT2D eigenvalue weighted by Crippen LogP contribution is -2.04. The summed E-state index contributed by atoms with van der Waals surface area (Å²) in [6, 6.07) is 10.4. The normalized spacial score (nSPS) is 11.1. The van der Waals surface area contributed by atoms with E-state index in [9.17, 15) is 0 Å². The van der Waals surface area contributed by atoms with Crippen molar-refractivity contribution in [3.8, 4) is 5.82 Å². The van der Waals surface area contributed by atoms with Crippen LogP contribution < -0.4 is 0 Å². The van der Waals surface area contributed by atoms with E-state index in [0.717, 1.165) is 30.0 Å². The van der Waals surface area contributed by atoms with E-state index in [0.29, 0.717) is 0 Å². The Bertz CT molecular complexity index is 713. The van der Waals surface area contributed by atoms with E-state index in [2.05, 4.69) is 41.6 Å². The number of benzene rings is 1. The van der Waals surface area contributed by atoms with Crippen LogP contribution >= 0.6 is 0 Å². The van der Waals surface area contributed by atoms with Gasteiger partial charge in [-0.1, -0.05) is 25.1 Å². The molecule has 0 radical (unpaired) electrons. The zero-order valence-corrected chi connectivity index (χ0v) is 11.3. The van der Waals surface area contributed by atoms with Crippen LogP contribution in [-0.4, -0.2) is 14.5 Å². The fraction of sp³-hybridized carbons (Fsp3) is 0.250. The monoisotopic (exact) mass is 251 g/mol. The van der Waals surface area contributed by atoms with Crippen LogP contribution in [0.25, 0.3) is 16.7 Å². The van der Waals surface area contributed by atoms with Crippen molar-refractivity contribution in [1.82, 2.24) is 14.5 Å². The number of aromatic nitrogens is 3.